The Kier molecular flexibility index (Phi) is 6.74. The molecule has 1 rings (SSSR count). The second kappa shape index (κ2) is 8.08. The molecule has 1 aromatic carbocycles. The van der Waals surface area contributed by atoms with Gasteiger partial charge in [0, 0.05) is 6.54 Å². The Morgan fingerprint density at radius 2 is 2.11 bits per heavy atom. The van der Waals surface area contributed by atoms with Crippen LogP contribution in [0, 0.1) is 0 Å². The minimum Gasteiger partial charge on any atom is -0.491 e. The van der Waals surface area contributed by atoms with Crippen molar-refractivity contribution in [3.05, 3.63) is 28.3 Å². The largest absolute Gasteiger partial charge is 0.491 e. The lowest BCUT2D eigenvalue weighted by Crippen LogP contribution is -2.09. The smallest absolute Gasteiger partial charge is 0.179 e. The number of methoxy groups -OCH3 is 1. The standard InChI is InChI=1S/C15H22ClNO2/c1-5-11(10-17-3)7-12-8-13(16)15(18-4)14(9-12)19-6-2/h7-9,17H,5-6,10H2,1-4H3. The first-order valence-electron chi connectivity index (χ1n) is 6.50. The van der Waals surface area contributed by atoms with E-state index in [1.165, 1.54) is 5.57 Å². The van der Waals surface area contributed by atoms with Gasteiger partial charge in [-0.2, -0.15) is 0 Å². The molecule has 3 nitrogen and oxygen atoms in total. The van der Waals surface area contributed by atoms with Crippen molar-refractivity contribution in [3.63, 3.8) is 0 Å². The zero-order valence-electron chi connectivity index (χ0n) is 12.0. The second-order valence-electron chi connectivity index (χ2n) is 4.15. The number of halogens is 1. The lowest BCUT2D eigenvalue weighted by atomic mass is 10.1. The molecule has 4 heteroatoms. The molecule has 0 saturated heterocycles. The van der Waals surface area contributed by atoms with E-state index in [1.807, 2.05) is 26.1 Å². The van der Waals surface area contributed by atoms with Gasteiger partial charge in [-0.3, -0.25) is 0 Å². The van der Waals surface area contributed by atoms with Gasteiger partial charge in [-0.1, -0.05) is 30.2 Å². The Balaban J connectivity index is 3.15. The van der Waals surface area contributed by atoms with Crippen molar-refractivity contribution in [3.8, 4) is 11.5 Å². The monoisotopic (exact) mass is 283 g/mol. The Labute approximate surface area is 120 Å². The van der Waals surface area contributed by atoms with E-state index < -0.39 is 0 Å². The highest BCUT2D eigenvalue weighted by Gasteiger charge is 2.10. The molecule has 1 aromatic rings. The first kappa shape index (κ1) is 15.9. The van der Waals surface area contributed by atoms with Gasteiger partial charge in [-0.15, -0.1) is 0 Å². The molecule has 0 bridgehead atoms. The van der Waals surface area contributed by atoms with Gasteiger partial charge in [0.05, 0.1) is 18.7 Å². The van der Waals surface area contributed by atoms with Crippen LogP contribution < -0.4 is 14.8 Å². The van der Waals surface area contributed by atoms with E-state index in [9.17, 15) is 0 Å². The van der Waals surface area contributed by atoms with Crippen molar-refractivity contribution in [2.24, 2.45) is 0 Å². The van der Waals surface area contributed by atoms with Gasteiger partial charge in [0.15, 0.2) is 11.5 Å². The number of hydrogen-bond donors (Lipinski definition) is 1. The number of hydrogen-bond acceptors (Lipinski definition) is 3. The summed E-state index contributed by atoms with van der Waals surface area (Å²) < 4.78 is 10.8. The van der Waals surface area contributed by atoms with E-state index in [0.29, 0.717) is 23.1 Å². The molecule has 0 saturated carbocycles. The second-order valence-corrected chi connectivity index (χ2v) is 4.56. The van der Waals surface area contributed by atoms with Gasteiger partial charge in [-0.25, -0.2) is 0 Å². The zero-order chi connectivity index (χ0) is 14.3. The summed E-state index contributed by atoms with van der Waals surface area (Å²) in [5.41, 5.74) is 2.34. The third-order valence-corrected chi connectivity index (χ3v) is 3.05. The van der Waals surface area contributed by atoms with E-state index in [4.69, 9.17) is 21.1 Å². The number of likely N-dealkylation sites (N-methyl/N-ethyl adjacent to an activating group) is 1. The van der Waals surface area contributed by atoms with Crippen molar-refractivity contribution in [1.29, 1.82) is 0 Å². The molecule has 0 spiro atoms. The third-order valence-electron chi connectivity index (χ3n) is 2.76. The van der Waals surface area contributed by atoms with Crippen LogP contribution in [0.5, 0.6) is 11.5 Å². The number of nitrogens with one attached hydrogen (secondary N) is 1. The van der Waals surface area contributed by atoms with Crippen LogP contribution >= 0.6 is 11.6 Å². The highest BCUT2D eigenvalue weighted by Crippen LogP contribution is 2.36. The fourth-order valence-electron chi connectivity index (χ4n) is 1.87. The van der Waals surface area contributed by atoms with Crippen molar-refractivity contribution in [2.45, 2.75) is 20.3 Å². The van der Waals surface area contributed by atoms with E-state index >= 15 is 0 Å². The first-order chi connectivity index (χ1) is 9.15. The van der Waals surface area contributed by atoms with Gasteiger partial charge >= 0.3 is 0 Å². The lowest BCUT2D eigenvalue weighted by molar-refractivity contribution is 0.311. The lowest BCUT2D eigenvalue weighted by Gasteiger charge is -2.12. The highest BCUT2D eigenvalue weighted by molar-refractivity contribution is 6.32. The molecule has 0 aliphatic heterocycles. The quantitative estimate of drug-likeness (QED) is 0.826. The van der Waals surface area contributed by atoms with E-state index in [0.717, 1.165) is 18.5 Å². The Morgan fingerprint density at radius 3 is 2.63 bits per heavy atom. The summed E-state index contributed by atoms with van der Waals surface area (Å²) in [6.07, 6.45) is 3.12. The molecule has 0 fully saturated rings. The average molecular weight is 284 g/mol. The summed E-state index contributed by atoms with van der Waals surface area (Å²) in [6, 6.07) is 3.85. The molecule has 19 heavy (non-hydrogen) atoms. The fourth-order valence-corrected chi connectivity index (χ4v) is 2.17. The first-order valence-corrected chi connectivity index (χ1v) is 6.88. The van der Waals surface area contributed by atoms with Crippen LogP contribution in [0.2, 0.25) is 5.02 Å². The van der Waals surface area contributed by atoms with E-state index in [2.05, 4.69) is 18.3 Å². The van der Waals surface area contributed by atoms with Crippen LogP contribution in [0.15, 0.2) is 17.7 Å². The maximum absolute atomic E-state index is 6.22. The summed E-state index contributed by atoms with van der Waals surface area (Å²) in [6.45, 7) is 5.52. The molecule has 0 atom stereocenters. The normalized spacial score (nSPS) is 11.5. The van der Waals surface area contributed by atoms with Crippen LogP contribution in [0.3, 0.4) is 0 Å². The van der Waals surface area contributed by atoms with Crippen LogP contribution in [-0.4, -0.2) is 27.3 Å². The zero-order valence-corrected chi connectivity index (χ0v) is 12.8. The van der Waals surface area contributed by atoms with Crippen molar-refractivity contribution in [2.75, 3.05) is 27.3 Å². The number of benzene rings is 1. The minimum absolute atomic E-state index is 0.569. The summed E-state index contributed by atoms with van der Waals surface area (Å²) >= 11 is 6.22. The molecule has 0 aliphatic carbocycles. The molecule has 0 heterocycles. The molecule has 1 N–H and O–H groups in total. The fraction of sp³-hybridized carbons (Fsp3) is 0.467. The van der Waals surface area contributed by atoms with Crippen LogP contribution in [0.1, 0.15) is 25.8 Å². The molecule has 0 amide bonds. The van der Waals surface area contributed by atoms with Crippen LogP contribution in [-0.2, 0) is 0 Å². The highest BCUT2D eigenvalue weighted by atomic mass is 35.5. The maximum Gasteiger partial charge on any atom is 0.179 e. The molecule has 0 radical (unpaired) electrons. The van der Waals surface area contributed by atoms with Crippen molar-refractivity contribution < 1.29 is 9.47 Å². The van der Waals surface area contributed by atoms with Gasteiger partial charge < -0.3 is 14.8 Å². The summed E-state index contributed by atoms with van der Waals surface area (Å²) in [7, 11) is 3.54. The molecule has 0 aliphatic rings. The van der Waals surface area contributed by atoms with Crippen LogP contribution in [0.4, 0.5) is 0 Å². The summed E-state index contributed by atoms with van der Waals surface area (Å²) in [5.74, 6) is 1.27. The Bertz CT molecular complexity index is 444. The van der Waals surface area contributed by atoms with Crippen LogP contribution in [0.25, 0.3) is 6.08 Å². The van der Waals surface area contributed by atoms with Crippen molar-refractivity contribution in [1.82, 2.24) is 5.32 Å². The van der Waals surface area contributed by atoms with Crippen molar-refractivity contribution >= 4 is 17.7 Å². The van der Waals surface area contributed by atoms with Gasteiger partial charge in [0.1, 0.15) is 0 Å². The molecule has 0 unspecified atom stereocenters. The summed E-state index contributed by atoms with van der Waals surface area (Å²) in [5, 5.41) is 3.73. The topological polar surface area (TPSA) is 30.5 Å². The molecular formula is C15H22ClNO2. The molecular weight excluding hydrogens is 262 g/mol. The molecule has 106 valence electrons. The number of rotatable bonds is 7. The summed E-state index contributed by atoms with van der Waals surface area (Å²) in [4.78, 5) is 0. The predicted molar refractivity (Wildman–Crippen MR) is 81.4 cm³/mol. The third kappa shape index (κ3) is 4.44. The predicted octanol–water partition coefficient (Wildman–Crippen LogP) is 3.76. The van der Waals surface area contributed by atoms with Gasteiger partial charge in [0.25, 0.3) is 0 Å². The Morgan fingerprint density at radius 1 is 1.37 bits per heavy atom. The Hall–Kier alpha value is -1.19. The van der Waals surface area contributed by atoms with Gasteiger partial charge in [0.2, 0.25) is 0 Å². The minimum atomic E-state index is 0.569. The van der Waals surface area contributed by atoms with E-state index in [1.54, 1.807) is 7.11 Å². The molecule has 0 aromatic heterocycles. The average Bonchev–Trinajstić information content (AvgIpc) is 2.38. The number of ether oxygens (including phenoxy) is 2. The maximum atomic E-state index is 6.22. The van der Waals surface area contributed by atoms with Gasteiger partial charge in [-0.05, 0) is 38.1 Å². The van der Waals surface area contributed by atoms with E-state index in [-0.39, 0.29) is 0 Å². The SMILES string of the molecule is CCOc1cc(C=C(CC)CNC)cc(Cl)c1OC.